The number of fused-ring (bicyclic) bond motifs is 1. The molecule has 1 aliphatic heterocycles. The number of ether oxygens (including phenoxy) is 1. The SMILES string of the molecule is Brc1cncc(-c2ccc3c(c2)OCCN3)n1. The molecule has 1 aromatic heterocycles. The number of anilines is 1. The van der Waals surface area contributed by atoms with Gasteiger partial charge in [0.2, 0.25) is 0 Å². The average Bonchev–Trinajstić information content (AvgIpc) is 2.38. The fourth-order valence-corrected chi connectivity index (χ4v) is 2.08. The molecule has 0 saturated carbocycles. The van der Waals surface area contributed by atoms with Crippen LogP contribution in [0.25, 0.3) is 11.3 Å². The van der Waals surface area contributed by atoms with Gasteiger partial charge in [0, 0.05) is 12.1 Å². The van der Waals surface area contributed by atoms with Gasteiger partial charge < -0.3 is 10.1 Å². The molecule has 86 valence electrons. The van der Waals surface area contributed by atoms with Gasteiger partial charge in [-0.1, -0.05) is 6.07 Å². The lowest BCUT2D eigenvalue weighted by atomic mass is 10.1. The Morgan fingerprint density at radius 2 is 2.24 bits per heavy atom. The molecule has 1 aromatic carbocycles. The Morgan fingerprint density at radius 1 is 1.29 bits per heavy atom. The highest BCUT2D eigenvalue weighted by Crippen LogP contribution is 2.31. The maximum absolute atomic E-state index is 5.59. The molecular weight excluding hydrogens is 282 g/mol. The van der Waals surface area contributed by atoms with Crippen LogP contribution in [0.4, 0.5) is 5.69 Å². The molecule has 0 aliphatic carbocycles. The molecule has 0 bridgehead atoms. The van der Waals surface area contributed by atoms with Crippen LogP contribution in [0.1, 0.15) is 0 Å². The van der Waals surface area contributed by atoms with E-state index in [0.717, 1.165) is 33.8 Å². The highest BCUT2D eigenvalue weighted by atomic mass is 79.9. The lowest BCUT2D eigenvalue weighted by Gasteiger charge is -2.19. The molecular formula is C12H10BrN3O. The van der Waals surface area contributed by atoms with Gasteiger partial charge in [0.1, 0.15) is 17.0 Å². The normalized spacial score (nSPS) is 13.5. The third-order valence-electron chi connectivity index (χ3n) is 2.56. The highest BCUT2D eigenvalue weighted by molar-refractivity contribution is 9.10. The van der Waals surface area contributed by atoms with Gasteiger partial charge in [-0.15, -0.1) is 0 Å². The zero-order chi connectivity index (χ0) is 11.7. The topological polar surface area (TPSA) is 47.0 Å². The van der Waals surface area contributed by atoms with E-state index in [2.05, 4.69) is 31.2 Å². The van der Waals surface area contributed by atoms with Gasteiger partial charge in [0.05, 0.1) is 23.8 Å². The fourth-order valence-electron chi connectivity index (χ4n) is 1.78. The smallest absolute Gasteiger partial charge is 0.143 e. The van der Waals surface area contributed by atoms with Crippen LogP contribution < -0.4 is 10.1 Å². The molecule has 0 spiro atoms. The third-order valence-corrected chi connectivity index (χ3v) is 2.94. The standard InChI is InChI=1S/C12H10BrN3O/c13-12-7-14-6-10(16-12)8-1-2-9-11(5-8)17-4-3-15-9/h1-2,5-7,15H,3-4H2. The molecule has 0 atom stereocenters. The van der Waals surface area contributed by atoms with Crippen LogP contribution in [0.15, 0.2) is 35.2 Å². The van der Waals surface area contributed by atoms with E-state index in [-0.39, 0.29) is 0 Å². The van der Waals surface area contributed by atoms with Crippen molar-refractivity contribution in [2.45, 2.75) is 0 Å². The Bertz CT molecular complexity index is 559. The van der Waals surface area contributed by atoms with Crippen molar-refractivity contribution in [2.24, 2.45) is 0 Å². The van der Waals surface area contributed by atoms with Crippen LogP contribution in [-0.4, -0.2) is 23.1 Å². The van der Waals surface area contributed by atoms with Gasteiger partial charge in [0.15, 0.2) is 0 Å². The summed E-state index contributed by atoms with van der Waals surface area (Å²) in [6.45, 7) is 1.55. The third kappa shape index (κ3) is 2.10. The Morgan fingerprint density at radius 3 is 3.12 bits per heavy atom. The summed E-state index contributed by atoms with van der Waals surface area (Å²) in [5.41, 5.74) is 2.86. The van der Waals surface area contributed by atoms with Gasteiger partial charge in [-0.2, -0.15) is 0 Å². The maximum Gasteiger partial charge on any atom is 0.143 e. The Balaban J connectivity index is 2.04. The zero-order valence-electron chi connectivity index (χ0n) is 8.98. The number of benzene rings is 1. The monoisotopic (exact) mass is 291 g/mol. The molecule has 0 saturated heterocycles. The van der Waals surface area contributed by atoms with Gasteiger partial charge in [-0.25, -0.2) is 4.98 Å². The summed E-state index contributed by atoms with van der Waals surface area (Å²) in [6, 6.07) is 6.00. The number of nitrogens with one attached hydrogen (secondary N) is 1. The quantitative estimate of drug-likeness (QED) is 0.878. The van der Waals surface area contributed by atoms with Crippen molar-refractivity contribution >= 4 is 21.6 Å². The lowest BCUT2D eigenvalue weighted by molar-refractivity contribution is 0.323. The summed E-state index contributed by atoms with van der Waals surface area (Å²) in [6.07, 6.45) is 3.41. The second-order valence-corrected chi connectivity index (χ2v) is 4.53. The Hall–Kier alpha value is -1.62. The summed E-state index contributed by atoms with van der Waals surface area (Å²) in [5, 5.41) is 3.28. The Kier molecular flexibility index (Phi) is 2.68. The van der Waals surface area contributed by atoms with Crippen molar-refractivity contribution < 1.29 is 4.74 Å². The van der Waals surface area contributed by atoms with Crippen molar-refractivity contribution in [3.63, 3.8) is 0 Å². The molecule has 4 nitrogen and oxygen atoms in total. The van der Waals surface area contributed by atoms with Crippen molar-refractivity contribution in [2.75, 3.05) is 18.5 Å². The molecule has 2 heterocycles. The van der Waals surface area contributed by atoms with Crippen LogP contribution in [0.3, 0.4) is 0 Å². The van der Waals surface area contributed by atoms with Crippen molar-refractivity contribution in [1.29, 1.82) is 0 Å². The molecule has 1 aliphatic rings. The van der Waals surface area contributed by atoms with E-state index >= 15 is 0 Å². The van der Waals surface area contributed by atoms with Crippen LogP contribution in [0, 0.1) is 0 Å². The van der Waals surface area contributed by atoms with E-state index < -0.39 is 0 Å². The van der Waals surface area contributed by atoms with E-state index in [9.17, 15) is 0 Å². The maximum atomic E-state index is 5.59. The van der Waals surface area contributed by atoms with Crippen molar-refractivity contribution in [1.82, 2.24) is 9.97 Å². The summed E-state index contributed by atoms with van der Waals surface area (Å²) < 4.78 is 6.32. The molecule has 3 rings (SSSR count). The van der Waals surface area contributed by atoms with Crippen LogP contribution in [0.2, 0.25) is 0 Å². The zero-order valence-corrected chi connectivity index (χ0v) is 10.6. The predicted octanol–water partition coefficient (Wildman–Crippen LogP) is 2.71. The molecule has 0 radical (unpaired) electrons. The van der Waals surface area contributed by atoms with Gasteiger partial charge in [-0.3, -0.25) is 4.98 Å². The number of hydrogen-bond acceptors (Lipinski definition) is 4. The number of hydrogen-bond donors (Lipinski definition) is 1. The summed E-state index contributed by atoms with van der Waals surface area (Å²) in [4.78, 5) is 8.48. The molecule has 0 fully saturated rings. The molecule has 0 amide bonds. The van der Waals surface area contributed by atoms with Crippen LogP contribution >= 0.6 is 15.9 Å². The van der Waals surface area contributed by atoms with Crippen molar-refractivity contribution in [3.8, 4) is 17.0 Å². The van der Waals surface area contributed by atoms with E-state index in [0.29, 0.717) is 6.61 Å². The first-order valence-corrected chi connectivity index (χ1v) is 6.11. The predicted molar refractivity (Wildman–Crippen MR) is 69.2 cm³/mol. The summed E-state index contributed by atoms with van der Waals surface area (Å²) >= 11 is 3.32. The molecule has 1 N–H and O–H groups in total. The van der Waals surface area contributed by atoms with E-state index in [1.165, 1.54) is 0 Å². The van der Waals surface area contributed by atoms with E-state index in [4.69, 9.17) is 4.74 Å². The van der Waals surface area contributed by atoms with E-state index in [1.807, 2.05) is 18.2 Å². The van der Waals surface area contributed by atoms with Gasteiger partial charge >= 0.3 is 0 Å². The first kappa shape index (κ1) is 10.5. The van der Waals surface area contributed by atoms with Crippen LogP contribution in [0.5, 0.6) is 5.75 Å². The lowest BCUT2D eigenvalue weighted by Crippen LogP contribution is -2.17. The minimum Gasteiger partial charge on any atom is -0.490 e. The van der Waals surface area contributed by atoms with Crippen molar-refractivity contribution in [3.05, 3.63) is 35.2 Å². The minimum absolute atomic E-state index is 0.695. The molecule has 5 heteroatoms. The fraction of sp³-hybridized carbons (Fsp3) is 0.167. The first-order valence-electron chi connectivity index (χ1n) is 5.31. The van der Waals surface area contributed by atoms with E-state index in [1.54, 1.807) is 12.4 Å². The first-order chi connectivity index (χ1) is 8.33. The second-order valence-electron chi connectivity index (χ2n) is 3.71. The number of aromatic nitrogens is 2. The molecule has 17 heavy (non-hydrogen) atoms. The minimum atomic E-state index is 0.695. The van der Waals surface area contributed by atoms with Crippen LogP contribution in [-0.2, 0) is 0 Å². The second kappa shape index (κ2) is 4.33. The largest absolute Gasteiger partial charge is 0.490 e. The van der Waals surface area contributed by atoms with Gasteiger partial charge in [-0.05, 0) is 28.1 Å². The molecule has 2 aromatic rings. The summed E-state index contributed by atoms with van der Waals surface area (Å²) in [5.74, 6) is 0.871. The number of halogens is 1. The average molecular weight is 292 g/mol. The number of nitrogens with zero attached hydrogens (tertiary/aromatic N) is 2. The molecule has 0 unspecified atom stereocenters. The van der Waals surface area contributed by atoms with Gasteiger partial charge in [0.25, 0.3) is 0 Å². The summed E-state index contributed by atoms with van der Waals surface area (Å²) in [7, 11) is 0. The number of rotatable bonds is 1. The highest BCUT2D eigenvalue weighted by Gasteiger charge is 2.11. The Labute approximate surface area is 107 Å².